The van der Waals surface area contributed by atoms with E-state index in [9.17, 15) is 9.90 Å². The fourth-order valence-electron chi connectivity index (χ4n) is 3.36. The molecule has 0 heterocycles. The number of hydrogen-bond donors (Lipinski definition) is 2. The zero-order valence-corrected chi connectivity index (χ0v) is 18.6. The second-order valence-corrected chi connectivity index (χ2v) is 7.98. The number of phenolic OH excluding ortho intramolecular Hbond substituents is 1. The van der Waals surface area contributed by atoms with Crippen LogP contribution in [0.15, 0.2) is 60.7 Å². The van der Waals surface area contributed by atoms with Crippen molar-refractivity contribution in [2.75, 3.05) is 5.32 Å². The number of aryl methyl sites for hydroxylation is 2. The van der Waals surface area contributed by atoms with E-state index in [0.29, 0.717) is 17.2 Å². The van der Waals surface area contributed by atoms with Crippen molar-refractivity contribution in [3.05, 3.63) is 77.4 Å². The van der Waals surface area contributed by atoms with Crippen LogP contribution in [-0.4, -0.2) is 17.1 Å². The Bertz CT molecular complexity index is 1040. The number of amides is 1. The number of nitrogens with one attached hydrogen (secondary N) is 1. The van der Waals surface area contributed by atoms with Gasteiger partial charge >= 0.3 is 0 Å². The molecular formula is C26H29NO4. The molecule has 3 aromatic carbocycles. The zero-order valence-electron chi connectivity index (χ0n) is 18.6. The summed E-state index contributed by atoms with van der Waals surface area (Å²) < 4.78 is 11.8. The Hall–Kier alpha value is -3.47. The molecule has 0 aliphatic heterocycles. The number of ether oxygens (including phenoxy) is 2. The van der Waals surface area contributed by atoms with Crippen LogP contribution < -0.4 is 14.8 Å². The number of hydrogen-bond acceptors (Lipinski definition) is 4. The minimum absolute atomic E-state index is 0.184. The Morgan fingerprint density at radius 1 is 0.903 bits per heavy atom. The van der Waals surface area contributed by atoms with Crippen LogP contribution in [0.2, 0.25) is 0 Å². The van der Waals surface area contributed by atoms with E-state index in [2.05, 4.69) is 5.32 Å². The highest BCUT2D eigenvalue weighted by molar-refractivity contribution is 5.94. The van der Waals surface area contributed by atoms with E-state index in [-0.39, 0.29) is 17.6 Å². The lowest BCUT2D eigenvalue weighted by Crippen LogP contribution is -2.30. The van der Waals surface area contributed by atoms with Gasteiger partial charge in [-0.25, -0.2) is 0 Å². The Kier molecular flexibility index (Phi) is 6.85. The van der Waals surface area contributed by atoms with Gasteiger partial charge in [-0.2, -0.15) is 0 Å². The molecular weight excluding hydrogens is 390 g/mol. The zero-order chi connectivity index (χ0) is 22.5. The first-order valence-corrected chi connectivity index (χ1v) is 10.4. The molecule has 0 bridgehead atoms. The van der Waals surface area contributed by atoms with Gasteiger partial charge in [0.05, 0.1) is 0 Å². The summed E-state index contributed by atoms with van der Waals surface area (Å²) in [6, 6.07) is 18.3. The van der Waals surface area contributed by atoms with Crippen LogP contribution in [0.3, 0.4) is 0 Å². The summed E-state index contributed by atoms with van der Waals surface area (Å²) in [6.07, 6.45) is -0.634. The molecule has 0 aliphatic carbocycles. The van der Waals surface area contributed by atoms with Crippen molar-refractivity contribution in [1.29, 1.82) is 0 Å². The van der Waals surface area contributed by atoms with Crippen molar-refractivity contribution in [2.45, 2.75) is 46.6 Å². The Labute approximate surface area is 183 Å². The summed E-state index contributed by atoms with van der Waals surface area (Å²) in [5.41, 5.74) is 3.31. The number of carbonyl (C=O) groups is 1. The molecule has 31 heavy (non-hydrogen) atoms. The number of phenols is 1. The normalized spacial score (nSPS) is 11.8. The summed E-state index contributed by atoms with van der Waals surface area (Å²) >= 11 is 0. The molecule has 0 radical (unpaired) electrons. The largest absolute Gasteiger partial charge is 0.508 e. The van der Waals surface area contributed by atoms with Gasteiger partial charge in [-0.05, 0) is 80.3 Å². The van der Waals surface area contributed by atoms with E-state index in [0.717, 1.165) is 22.4 Å². The van der Waals surface area contributed by atoms with Crippen molar-refractivity contribution in [3.8, 4) is 23.0 Å². The predicted molar refractivity (Wildman–Crippen MR) is 123 cm³/mol. The van der Waals surface area contributed by atoms with Crippen LogP contribution in [0.25, 0.3) is 0 Å². The van der Waals surface area contributed by atoms with Crippen LogP contribution in [-0.2, 0) is 4.79 Å². The molecule has 2 N–H and O–H groups in total. The maximum atomic E-state index is 12.6. The average Bonchev–Trinajstić information content (AvgIpc) is 2.72. The highest BCUT2D eigenvalue weighted by atomic mass is 16.5. The first-order chi connectivity index (χ1) is 14.7. The molecule has 5 heteroatoms. The van der Waals surface area contributed by atoms with Crippen molar-refractivity contribution in [1.82, 2.24) is 0 Å². The van der Waals surface area contributed by atoms with Crippen LogP contribution >= 0.6 is 0 Å². The molecule has 0 saturated heterocycles. The van der Waals surface area contributed by atoms with Gasteiger partial charge < -0.3 is 19.9 Å². The molecule has 1 unspecified atom stereocenters. The maximum absolute atomic E-state index is 12.6. The molecule has 3 aromatic rings. The number of para-hydroxylation sites is 1. The van der Waals surface area contributed by atoms with E-state index >= 15 is 0 Å². The average molecular weight is 420 g/mol. The Morgan fingerprint density at radius 3 is 2.16 bits per heavy atom. The second kappa shape index (κ2) is 9.56. The molecule has 5 nitrogen and oxygen atoms in total. The monoisotopic (exact) mass is 419 g/mol. The molecule has 0 saturated carbocycles. The smallest absolute Gasteiger partial charge is 0.265 e. The number of rotatable bonds is 7. The molecule has 1 amide bonds. The number of benzene rings is 3. The molecule has 3 rings (SSSR count). The molecule has 0 spiro atoms. The van der Waals surface area contributed by atoms with Gasteiger partial charge in [0, 0.05) is 11.3 Å². The third kappa shape index (κ3) is 5.57. The topological polar surface area (TPSA) is 67.8 Å². The van der Waals surface area contributed by atoms with Gasteiger partial charge in [-0.3, -0.25) is 4.79 Å². The summed E-state index contributed by atoms with van der Waals surface area (Å²) in [5.74, 6) is 2.26. The molecule has 1 atom stereocenters. The lowest BCUT2D eigenvalue weighted by Gasteiger charge is -2.18. The summed E-state index contributed by atoms with van der Waals surface area (Å²) in [7, 11) is 0. The Balaban J connectivity index is 1.73. The van der Waals surface area contributed by atoms with Gasteiger partial charge in [-0.15, -0.1) is 0 Å². The molecule has 0 aliphatic rings. The van der Waals surface area contributed by atoms with E-state index in [1.807, 2.05) is 76.2 Å². The maximum Gasteiger partial charge on any atom is 0.265 e. The van der Waals surface area contributed by atoms with Crippen molar-refractivity contribution < 1.29 is 19.4 Å². The lowest BCUT2D eigenvalue weighted by atomic mass is 10.0. The fraction of sp³-hybridized carbons (Fsp3) is 0.269. The minimum atomic E-state index is -0.634. The van der Waals surface area contributed by atoms with Gasteiger partial charge in [0.25, 0.3) is 5.91 Å². The standard InChI is InChI=1S/C26H29NO4/c1-16(2)23-15-22(11-12-24(23)28)31-25-17(3)13-20(14-18(25)4)27-26(29)19(5)30-21-9-7-6-8-10-21/h6-16,19,28H,1-5H3,(H,27,29). The van der Waals surface area contributed by atoms with Crippen molar-refractivity contribution >= 4 is 11.6 Å². The fourth-order valence-corrected chi connectivity index (χ4v) is 3.36. The van der Waals surface area contributed by atoms with Gasteiger partial charge in [-0.1, -0.05) is 32.0 Å². The van der Waals surface area contributed by atoms with E-state index in [4.69, 9.17) is 9.47 Å². The van der Waals surface area contributed by atoms with Crippen molar-refractivity contribution in [3.63, 3.8) is 0 Å². The predicted octanol–water partition coefficient (Wildman–Crippen LogP) is 6.33. The summed E-state index contributed by atoms with van der Waals surface area (Å²) in [4.78, 5) is 12.6. The van der Waals surface area contributed by atoms with Crippen LogP contribution in [0, 0.1) is 13.8 Å². The van der Waals surface area contributed by atoms with E-state index in [1.54, 1.807) is 19.1 Å². The second-order valence-electron chi connectivity index (χ2n) is 7.98. The minimum Gasteiger partial charge on any atom is -0.508 e. The van der Waals surface area contributed by atoms with Crippen molar-refractivity contribution in [2.24, 2.45) is 0 Å². The first kappa shape index (κ1) is 22.2. The van der Waals surface area contributed by atoms with Gasteiger partial charge in [0.2, 0.25) is 0 Å². The third-order valence-electron chi connectivity index (χ3n) is 4.99. The van der Waals surface area contributed by atoms with Gasteiger partial charge in [0.15, 0.2) is 6.10 Å². The third-order valence-corrected chi connectivity index (χ3v) is 4.99. The number of carbonyl (C=O) groups excluding carboxylic acids is 1. The SMILES string of the molecule is Cc1cc(NC(=O)C(C)Oc2ccccc2)cc(C)c1Oc1ccc(O)c(C(C)C)c1. The van der Waals surface area contributed by atoms with Gasteiger partial charge in [0.1, 0.15) is 23.0 Å². The van der Waals surface area contributed by atoms with Crippen LogP contribution in [0.4, 0.5) is 5.69 Å². The van der Waals surface area contributed by atoms with Crippen LogP contribution in [0.1, 0.15) is 43.4 Å². The van der Waals surface area contributed by atoms with E-state index < -0.39 is 6.10 Å². The van der Waals surface area contributed by atoms with E-state index in [1.165, 1.54) is 0 Å². The molecule has 0 aromatic heterocycles. The number of aromatic hydroxyl groups is 1. The molecule has 0 fully saturated rings. The lowest BCUT2D eigenvalue weighted by molar-refractivity contribution is -0.122. The molecule has 162 valence electrons. The quantitative estimate of drug-likeness (QED) is 0.469. The number of anilines is 1. The summed E-state index contributed by atoms with van der Waals surface area (Å²) in [5, 5.41) is 12.9. The highest BCUT2D eigenvalue weighted by Crippen LogP contribution is 2.35. The van der Waals surface area contributed by atoms with Crippen LogP contribution in [0.5, 0.6) is 23.0 Å². The summed E-state index contributed by atoms with van der Waals surface area (Å²) in [6.45, 7) is 9.64. The first-order valence-electron chi connectivity index (χ1n) is 10.4. The highest BCUT2D eigenvalue weighted by Gasteiger charge is 2.17. The Morgan fingerprint density at radius 2 is 1.55 bits per heavy atom.